The minimum atomic E-state index is 0.0608. The van der Waals surface area contributed by atoms with E-state index < -0.39 is 0 Å². The van der Waals surface area contributed by atoms with Crippen molar-refractivity contribution in [1.29, 1.82) is 0 Å². The SMILES string of the molecule is O=C(NCCC1CCN(c2ccncc2)CC1)N1CCC(CO)CC1. The monoisotopic (exact) mass is 346 g/mol. The summed E-state index contributed by atoms with van der Waals surface area (Å²) >= 11 is 0. The number of likely N-dealkylation sites (tertiary alicyclic amines) is 1. The third-order valence-electron chi connectivity index (χ3n) is 5.63. The van der Waals surface area contributed by atoms with Crippen LogP contribution < -0.4 is 10.2 Å². The summed E-state index contributed by atoms with van der Waals surface area (Å²) in [7, 11) is 0. The fourth-order valence-corrected chi connectivity index (χ4v) is 3.85. The highest BCUT2D eigenvalue weighted by molar-refractivity contribution is 5.74. The largest absolute Gasteiger partial charge is 0.396 e. The highest BCUT2D eigenvalue weighted by atomic mass is 16.3. The van der Waals surface area contributed by atoms with Crippen molar-refractivity contribution in [3.8, 4) is 0 Å². The number of hydrogen-bond acceptors (Lipinski definition) is 4. The molecule has 0 saturated carbocycles. The van der Waals surface area contributed by atoms with Crippen molar-refractivity contribution in [1.82, 2.24) is 15.2 Å². The third kappa shape index (κ3) is 5.08. The first-order valence-corrected chi connectivity index (χ1v) is 9.55. The molecule has 1 aromatic heterocycles. The van der Waals surface area contributed by atoms with Crippen molar-refractivity contribution in [2.75, 3.05) is 44.2 Å². The Morgan fingerprint density at radius 3 is 2.36 bits per heavy atom. The van der Waals surface area contributed by atoms with Crippen molar-refractivity contribution in [3.05, 3.63) is 24.5 Å². The Morgan fingerprint density at radius 2 is 1.72 bits per heavy atom. The maximum Gasteiger partial charge on any atom is 0.317 e. The second-order valence-corrected chi connectivity index (χ2v) is 7.27. The number of piperidine rings is 2. The second-order valence-electron chi connectivity index (χ2n) is 7.27. The summed E-state index contributed by atoms with van der Waals surface area (Å²) in [4.78, 5) is 20.6. The van der Waals surface area contributed by atoms with Gasteiger partial charge in [0.1, 0.15) is 0 Å². The molecule has 0 spiro atoms. The number of anilines is 1. The number of aliphatic hydroxyl groups excluding tert-OH is 1. The quantitative estimate of drug-likeness (QED) is 0.857. The summed E-state index contributed by atoms with van der Waals surface area (Å²) in [6, 6.07) is 4.20. The number of nitrogens with one attached hydrogen (secondary N) is 1. The Morgan fingerprint density at radius 1 is 1.08 bits per heavy atom. The molecule has 138 valence electrons. The van der Waals surface area contributed by atoms with Gasteiger partial charge in [0.15, 0.2) is 0 Å². The molecule has 0 aromatic carbocycles. The molecule has 0 bridgehead atoms. The lowest BCUT2D eigenvalue weighted by Crippen LogP contribution is -2.45. The van der Waals surface area contributed by atoms with E-state index in [1.165, 1.54) is 18.5 Å². The normalized spacial score (nSPS) is 19.9. The number of carbonyl (C=O) groups is 1. The summed E-state index contributed by atoms with van der Waals surface area (Å²) in [5.74, 6) is 1.06. The standard InChI is InChI=1S/C19H30N4O2/c24-15-17-6-13-23(14-7-17)19(25)21-10-1-16-4-11-22(12-5-16)18-2-8-20-9-3-18/h2-3,8-9,16-17,24H,1,4-7,10-15H2,(H,21,25). The molecule has 2 N–H and O–H groups in total. The van der Waals surface area contributed by atoms with Gasteiger partial charge in [-0.1, -0.05) is 0 Å². The lowest BCUT2D eigenvalue weighted by Gasteiger charge is -2.34. The van der Waals surface area contributed by atoms with Crippen molar-refractivity contribution >= 4 is 11.7 Å². The minimum absolute atomic E-state index is 0.0608. The topological polar surface area (TPSA) is 68.7 Å². The molecule has 2 saturated heterocycles. The molecule has 2 aliphatic rings. The van der Waals surface area contributed by atoms with Gasteiger partial charge in [-0.2, -0.15) is 0 Å². The summed E-state index contributed by atoms with van der Waals surface area (Å²) in [6.45, 7) is 4.70. The van der Waals surface area contributed by atoms with Gasteiger partial charge in [0, 0.05) is 57.4 Å². The van der Waals surface area contributed by atoms with E-state index in [1.807, 2.05) is 17.3 Å². The second kappa shape index (κ2) is 9.04. The number of nitrogens with zero attached hydrogens (tertiary/aromatic N) is 3. The van der Waals surface area contributed by atoms with Crippen LogP contribution in [-0.4, -0.2) is 60.4 Å². The van der Waals surface area contributed by atoms with E-state index in [0.29, 0.717) is 11.8 Å². The fourth-order valence-electron chi connectivity index (χ4n) is 3.85. The van der Waals surface area contributed by atoms with E-state index in [0.717, 1.165) is 52.0 Å². The summed E-state index contributed by atoms with van der Waals surface area (Å²) < 4.78 is 0. The molecular formula is C19H30N4O2. The summed E-state index contributed by atoms with van der Waals surface area (Å²) in [6.07, 6.45) is 8.94. The molecule has 2 aliphatic heterocycles. The Labute approximate surface area is 150 Å². The van der Waals surface area contributed by atoms with Gasteiger partial charge in [-0.3, -0.25) is 4.98 Å². The van der Waals surface area contributed by atoms with Gasteiger partial charge >= 0.3 is 6.03 Å². The van der Waals surface area contributed by atoms with Crippen LogP contribution in [0, 0.1) is 11.8 Å². The first-order valence-electron chi connectivity index (χ1n) is 9.55. The van der Waals surface area contributed by atoms with E-state index in [4.69, 9.17) is 5.11 Å². The molecule has 3 heterocycles. The van der Waals surface area contributed by atoms with Crippen LogP contribution in [-0.2, 0) is 0 Å². The predicted molar refractivity (Wildman–Crippen MR) is 98.6 cm³/mol. The van der Waals surface area contributed by atoms with Crippen LogP contribution in [0.2, 0.25) is 0 Å². The Hall–Kier alpha value is -1.82. The zero-order valence-electron chi connectivity index (χ0n) is 14.9. The molecule has 0 aliphatic carbocycles. The number of carbonyl (C=O) groups excluding carboxylic acids is 1. The number of rotatable bonds is 5. The van der Waals surface area contributed by atoms with Crippen LogP contribution in [0.4, 0.5) is 10.5 Å². The van der Waals surface area contributed by atoms with Crippen LogP contribution in [0.15, 0.2) is 24.5 Å². The average molecular weight is 346 g/mol. The van der Waals surface area contributed by atoms with Crippen LogP contribution in [0.5, 0.6) is 0 Å². The van der Waals surface area contributed by atoms with E-state index in [2.05, 4.69) is 27.3 Å². The van der Waals surface area contributed by atoms with E-state index in [-0.39, 0.29) is 12.6 Å². The predicted octanol–water partition coefficient (Wildman–Crippen LogP) is 2.10. The highest BCUT2D eigenvalue weighted by Crippen LogP contribution is 2.24. The molecule has 0 unspecified atom stereocenters. The van der Waals surface area contributed by atoms with Gasteiger partial charge in [-0.15, -0.1) is 0 Å². The van der Waals surface area contributed by atoms with Crippen molar-refractivity contribution in [2.45, 2.75) is 32.1 Å². The number of aliphatic hydroxyl groups is 1. The van der Waals surface area contributed by atoms with Gasteiger partial charge < -0.3 is 20.2 Å². The van der Waals surface area contributed by atoms with Crippen LogP contribution in [0.25, 0.3) is 0 Å². The number of amides is 2. The average Bonchev–Trinajstić information content (AvgIpc) is 2.69. The van der Waals surface area contributed by atoms with E-state index in [1.54, 1.807) is 0 Å². The Kier molecular flexibility index (Phi) is 6.50. The molecule has 0 atom stereocenters. The lowest BCUT2D eigenvalue weighted by molar-refractivity contribution is 0.137. The molecule has 2 fully saturated rings. The first-order chi connectivity index (χ1) is 12.3. The molecule has 6 nitrogen and oxygen atoms in total. The Balaban J connectivity index is 1.32. The van der Waals surface area contributed by atoms with E-state index in [9.17, 15) is 4.79 Å². The van der Waals surface area contributed by atoms with Crippen LogP contribution in [0.1, 0.15) is 32.1 Å². The number of pyridine rings is 1. The van der Waals surface area contributed by atoms with Crippen molar-refractivity contribution in [3.63, 3.8) is 0 Å². The highest BCUT2D eigenvalue weighted by Gasteiger charge is 2.23. The zero-order valence-corrected chi connectivity index (χ0v) is 14.9. The molecule has 2 amide bonds. The molecule has 25 heavy (non-hydrogen) atoms. The fraction of sp³-hybridized carbons (Fsp3) is 0.684. The van der Waals surface area contributed by atoms with Crippen molar-refractivity contribution < 1.29 is 9.90 Å². The molecular weight excluding hydrogens is 316 g/mol. The maximum absolute atomic E-state index is 12.2. The van der Waals surface area contributed by atoms with Crippen LogP contribution >= 0.6 is 0 Å². The molecule has 3 rings (SSSR count). The van der Waals surface area contributed by atoms with Gasteiger partial charge in [0.2, 0.25) is 0 Å². The third-order valence-corrected chi connectivity index (χ3v) is 5.63. The summed E-state index contributed by atoms with van der Waals surface area (Å²) in [5.41, 5.74) is 1.26. The Bertz CT molecular complexity index is 523. The summed E-state index contributed by atoms with van der Waals surface area (Å²) in [5, 5.41) is 12.2. The smallest absolute Gasteiger partial charge is 0.317 e. The zero-order chi connectivity index (χ0) is 17.5. The number of urea groups is 1. The first kappa shape index (κ1) is 18.0. The number of hydrogen-bond donors (Lipinski definition) is 2. The van der Waals surface area contributed by atoms with Gasteiger partial charge in [-0.05, 0) is 56.1 Å². The molecule has 0 radical (unpaired) electrons. The van der Waals surface area contributed by atoms with Crippen LogP contribution in [0.3, 0.4) is 0 Å². The van der Waals surface area contributed by atoms with Gasteiger partial charge in [0.05, 0.1) is 0 Å². The molecule has 1 aromatic rings. The van der Waals surface area contributed by atoms with Crippen molar-refractivity contribution in [2.24, 2.45) is 11.8 Å². The van der Waals surface area contributed by atoms with Gasteiger partial charge in [-0.25, -0.2) is 4.79 Å². The van der Waals surface area contributed by atoms with E-state index >= 15 is 0 Å². The maximum atomic E-state index is 12.2. The lowest BCUT2D eigenvalue weighted by atomic mass is 9.93. The molecule has 6 heteroatoms. The minimum Gasteiger partial charge on any atom is -0.396 e. The van der Waals surface area contributed by atoms with Gasteiger partial charge in [0.25, 0.3) is 0 Å². The number of aromatic nitrogens is 1.